The van der Waals surface area contributed by atoms with Gasteiger partial charge in [0.25, 0.3) is 0 Å². The van der Waals surface area contributed by atoms with E-state index in [1.54, 1.807) is 7.11 Å². The molecule has 0 amide bonds. The van der Waals surface area contributed by atoms with Gasteiger partial charge in [-0.1, -0.05) is 0 Å². The number of rotatable bonds is 4. The van der Waals surface area contributed by atoms with Crippen molar-refractivity contribution in [1.82, 2.24) is 0 Å². The predicted octanol–water partition coefficient (Wildman–Crippen LogP) is 1.84. The molecule has 0 aliphatic rings. The van der Waals surface area contributed by atoms with Crippen molar-refractivity contribution in [2.24, 2.45) is 5.73 Å². The maximum atomic E-state index is 5.55. The van der Waals surface area contributed by atoms with Crippen LogP contribution in [0.25, 0.3) is 0 Å². The largest absolute Gasteiger partial charge is 0.497 e. The molecule has 0 fully saturated rings. The van der Waals surface area contributed by atoms with E-state index in [4.69, 9.17) is 15.2 Å². The summed E-state index contributed by atoms with van der Waals surface area (Å²) in [6, 6.07) is 7.50. The summed E-state index contributed by atoms with van der Waals surface area (Å²) >= 11 is 0. The van der Waals surface area contributed by atoms with Gasteiger partial charge >= 0.3 is 0 Å². The monoisotopic (exact) mass is 217 g/mol. The molecule has 0 saturated carbocycles. The van der Waals surface area contributed by atoms with Crippen LogP contribution >= 0.6 is 12.4 Å². The third-order valence-corrected chi connectivity index (χ3v) is 1.57. The Morgan fingerprint density at radius 3 is 2.14 bits per heavy atom. The lowest BCUT2D eigenvalue weighted by Crippen LogP contribution is -2.23. The second-order valence-corrected chi connectivity index (χ2v) is 2.96. The Kier molecular flexibility index (Phi) is 6.08. The molecular formula is C10H16ClNO2. The number of nitrogens with two attached hydrogens (primary N) is 1. The highest BCUT2D eigenvalue weighted by Gasteiger charge is 1.97. The van der Waals surface area contributed by atoms with E-state index in [-0.39, 0.29) is 18.4 Å². The fraction of sp³-hybridized carbons (Fsp3) is 0.400. The van der Waals surface area contributed by atoms with E-state index < -0.39 is 0 Å². The van der Waals surface area contributed by atoms with Crippen LogP contribution in [0.5, 0.6) is 11.5 Å². The summed E-state index contributed by atoms with van der Waals surface area (Å²) in [5, 5.41) is 0. The van der Waals surface area contributed by atoms with Crippen LogP contribution in [0, 0.1) is 0 Å². The van der Waals surface area contributed by atoms with Gasteiger partial charge in [-0.25, -0.2) is 0 Å². The van der Waals surface area contributed by atoms with E-state index in [2.05, 4.69) is 0 Å². The standard InChI is InChI=1S/C10H15NO2.ClH/c1-8(11)7-13-10-5-3-9(12-2)4-6-10;/h3-6,8H,7,11H2,1-2H3;1H. The van der Waals surface area contributed by atoms with Gasteiger partial charge in [-0.2, -0.15) is 0 Å². The number of ether oxygens (including phenoxy) is 2. The first-order valence-electron chi connectivity index (χ1n) is 4.25. The highest BCUT2D eigenvalue weighted by Crippen LogP contribution is 2.16. The maximum Gasteiger partial charge on any atom is 0.119 e. The zero-order valence-electron chi connectivity index (χ0n) is 8.40. The minimum absolute atomic E-state index is 0. The normalized spacial score (nSPS) is 11.4. The third kappa shape index (κ3) is 4.35. The lowest BCUT2D eigenvalue weighted by molar-refractivity contribution is 0.295. The molecule has 0 aliphatic carbocycles. The van der Waals surface area contributed by atoms with E-state index in [1.165, 1.54) is 0 Å². The molecule has 80 valence electrons. The van der Waals surface area contributed by atoms with Crippen molar-refractivity contribution in [2.75, 3.05) is 13.7 Å². The quantitative estimate of drug-likeness (QED) is 0.837. The summed E-state index contributed by atoms with van der Waals surface area (Å²) < 4.78 is 10.4. The molecule has 1 atom stereocenters. The molecule has 3 nitrogen and oxygen atoms in total. The van der Waals surface area contributed by atoms with E-state index in [0.717, 1.165) is 11.5 Å². The van der Waals surface area contributed by atoms with E-state index in [0.29, 0.717) is 6.61 Å². The highest BCUT2D eigenvalue weighted by molar-refractivity contribution is 5.85. The fourth-order valence-electron chi connectivity index (χ4n) is 0.900. The van der Waals surface area contributed by atoms with Crippen molar-refractivity contribution in [2.45, 2.75) is 13.0 Å². The van der Waals surface area contributed by atoms with Crippen molar-refractivity contribution in [3.8, 4) is 11.5 Å². The highest BCUT2D eigenvalue weighted by atomic mass is 35.5. The summed E-state index contributed by atoms with van der Waals surface area (Å²) in [5.41, 5.74) is 5.55. The van der Waals surface area contributed by atoms with Crippen LogP contribution in [0.15, 0.2) is 24.3 Å². The van der Waals surface area contributed by atoms with Crippen molar-refractivity contribution < 1.29 is 9.47 Å². The zero-order valence-corrected chi connectivity index (χ0v) is 9.21. The summed E-state index contributed by atoms with van der Waals surface area (Å²) in [7, 11) is 1.64. The summed E-state index contributed by atoms with van der Waals surface area (Å²) in [6.07, 6.45) is 0. The molecular weight excluding hydrogens is 202 g/mol. The van der Waals surface area contributed by atoms with Crippen molar-refractivity contribution in [3.05, 3.63) is 24.3 Å². The van der Waals surface area contributed by atoms with Gasteiger partial charge < -0.3 is 15.2 Å². The lowest BCUT2D eigenvalue weighted by Gasteiger charge is -2.08. The molecule has 0 bridgehead atoms. The number of hydrogen-bond acceptors (Lipinski definition) is 3. The Labute approximate surface area is 90.6 Å². The molecule has 0 aliphatic heterocycles. The summed E-state index contributed by atoms with van der Waals surface area (Å²) in [6.45, 7) is 2.44. The fourth-order valence-corrected chi connectivity index (χ4v) is 0.900. The smallest absolute Gasteiger partial charge is 0.119 e. The molecule has 1 aromatic carbocycles. The van der Waals surface area contributed by atoms with Crippen LogP contribution in [0.4, 0.5) is 0 Å². The molecule has 1 rings (SSSR count). The van der Waals surface area contributed by atoms with Crippen LogP contribution in [-0.4, -0.2) is 19.8 Å². The molecule has 4 heteroatoms. The molecule has 1 aromatic rings. The topological polar surface area (TPSA) is 44.5 Å². The lowest BCUT2D eigenvalue weighted by atomic mass is 10.3. The Balaban J connectivity index is 0.00000169. The van der Waals surface area contributed by atoms with Gasteiger partial charge in [-0.05, 0) is 31.2 Å². The Bertz CT molecular complexity index is 249. The van der Waals surface area contributed by atoms with E-state index >= 15 is 0 Å². The Morgan fingerprint density at radius 2 is 1.71 bits per heavy atom. The minimum atomic E-state index is 0. The second kappa shape index (κ2) is 6.51. The SMILES string of the molecule is COc1ccc(OCC(C)N)cc1.Cl. The van der Waals surface area contributed by atoms with Crippen molar-refractivity contribution >= 4 is 12.4 Å². The average molecular weight is 218 g/mol. The Morgan fingerprint density at radius 1 is 1.21 bits per heavy atom. The molecule has 0 spiro atoms. The van der Waals surface area contributed by atoms with Gasteiger partial charge in [-0.3, -0.25) is 0 Å². The van der Waals surface area contributed by atoms with E-state index in [9.17, 15) is 0 Å². The number of methoxy groups -OCH3 is 1. The van der Waals surface area contributed by atoms with Gasteiger partial charge in [0, 0.05) is 6.04 Å². The maximum absolute atomic E-state index is 5.55. The minimum Gasteiger partial charge on any atom is -0.497 e. The Hall–Kier alpha value is -0.930. The van der Waals surface area contributed by atoms with Crippen LogP contribution in [0.1, 0.15) is 6.92 Å². The molecule has 14 heavy (non-hydrogen) atoms. The molecule has 0 heterocycles. The zero-order chi connectivity index (χ0) is 9.68. The average Bonchev–Trinajstić information content (AvgIpc) is 2.15. The van der Waals surface area contributed by atoms with Crippen LogP contribution in [0.2, 0.25) is 0 Å². The molecule has 0 saturated heterocycles. The molecule has 0 aromatic heterocycles. The van der Waals surface area contributed by atoms with Crippen LogP contribution in [-0.2, 0) is 0 Å². The van der Waals surface area contributed by atoms with Gasteiger partial charge in [0.1, 0.15) is 18.1 Å². The number of benzene rings is 1. The first kappa shape index (κ1) is 13.1. The van der Waals surface area contributed by atoms with E-state index in [1.807, 2.05) is 31.2 Å². The van der Waals surface area contributed by atoms with Crippen LogP contribution in [0.3, 0.4) is 0 Å². The number of halogens is 1. The summed E-state index contributed by atoms with van der Waals surface area (Å²) in [5.74, 6) is 1.64. The molecule has 0 radical (unpaired) electrons. The summed E-state index contributed by atoms with van der Waals surface area (Å²) in [4.78, 5) is 0. The van der Waals surface area contributed by atoms with Gasteiger partial charge in [0.15, 0.2) is 0 Å². The number of hydrogen-bond donors (Lipinski definition) is 1. The van der Waals surface area contributed by atoms with Gasteiger partial charge in [0.2, 0.25) is 0 Å². The van der Waals surface area contributed by atoms with Crippen LogP contribution < -0.4 is 15.2 Å². The first-order chi connectivity index (χ1) is 6.22. The molecule has 2 N–H and O–H groups in total. The first-order valence-corrected chi connectivity index (χ1v) is 4.25. The molecule has 1 unspecified atom stereocenters. The third-order valence-electron chi connectivity index (χ3n) is 1.57. The second-order valence-electron chi connectivity index (χ2n) is 2.96. The van der Waals surface area contributed by atoms with Gasteiger partial charge in [0.05, 0.1) is 7.11 Å². The van der Waals surface area contributed by atoms with Crippen molar-refractivity contribution in [1.29, 1.82) is 0 Å². The predicted molar refractivity (Wildman–Crippen MR) is 59.4 cm³/mol. The van der Waals surface area contributed by atoms with Gasteiger partial charge in [-0.15, -0.1) is 12.4 Å². The van der Waals surface area contributed by atoms with Crippen molar-refractivity contribution in [3.63, 3.8) is 0 Å².